The molecule has 0 aliphatic heterocycles. The maximum Gasteiger partial charge on any atom is 0.335 e. The van der Waals surface area contributed by atoms with Crippen LogP contribution in [0.25, 0.3) is 0 Å². The zero-order chi connectivity index (χ0) is 9.56. The topological polar surface area (TPSA) is 26.3 Å². The van der Waals surface area contributed by atoms with E-state index < -0.39 is 0 Å². The summed E-state index contributed by atoms with van der Waals surface area (Å²) in [6, 6.07) is 0. The maximum absolute atomic E-state index is 11.2. The van der Waals surface area contributed by atoms with Crippen LogP contribution >= 0.6 is 11.6 Å². The fourth-order valence-corrected chi connectivity index (χ4v) is 0.881. The summed E-state index contributed by atoms with van der Waals surface area (Å²) in [4.78, 5) is 11.2. The smallest absolute Gasteiger partial charge is 0.335 e. The summed E-state index contributed by atoms with van der Waals surface area (Å²) >= 11 is 5.68. The van der Waals surface area contributed by atoms with Gasteiger partial charge in [0.25, 0.3) is 0 Å². The minimum absolute atomic E-state index is 0.357. The van der Waals surface area contributed by atoms with Gasteiger partial charge in [0.05, 0.1) is 12.2 Å². The van der Waals surface area contributed by atoms with Crippen molar-refractivity contribution in [2.45, 2.75) is 20.3 Å². The zero-order valence-corrected chi connectivity index (χ0v) is 8.15. The first-order chi connectivity index (χ1) is 5.63. The molecule has 12 heavy (non-hydrogen) atoms. The van der Waals surface area contributed by atoms with Crippen molar-refractivity contribution >= 4 is 17.6 Å². The van der Waals surface area contributed by atoms with Gasteiger partial charge in [0.15, 0.2) is 0 Å². The van der Waals surface area contributed by atoms with Crippen LogP contribution in [0.5, 0.6) is 0 Å². The number of hydrogen-bond acceptors (Lipinski definition) is 2. The fourth-order valence-electron chi connectivity index (χ4n) is 0.727. The third-order valence-electron chi connectivity index (χ3n) is 1.29. The summed E-state index contributed by atoms with van der Waals surface area (Å²) < 4.78 is 4.79. The summed E-state index contributed by atoms with van der Waals surface area (Å²) in [6.07, 6.45) is 2.08. The average Bonchev–Trinajstić information content (AvgIpc) is 1.99. The van der Waals surface area contributed by atoms with Gasteiger partial charge in [-0.05, 0) is 20.3 Å². The van der Waals surface area contributed by atoms with Gasteiger partial charge < -0.3 is 4.74 Å². The van der Waals surface area contributed by atoms with Gasteiger partial charge >= 0.3 is 5.97 Å². The largest absolute Gasteiger partial charge is 0.463 e. The lowest BCUT2D eigenvalue weighted by molar-refractivity contribution is -0.138. The Hall–Kier alpha value is -0.760. The van der Waals surface area contributed by atoms with Gasteiger partial charge in [0, 0.05) is 5.03 Å². The van der Waals surface area contributed by atoms with Gasteiger partial charge in [-0.2, -0.15) is 0 Å². The van der Waals surface area contributed by atoms with Crippen LogP contribution in [-0.4, -0.2) is 12.6 Å². The van der Waals surface area contributed by atoms with Crippen molar-refractivity contribution in [1.82, 2.24) is 0 Å². The van der Waals surface area contributed by atoms with E-state index in [0.717, 1.165) is 0 Å². The van der Waals surface area contributed by atoms with E-state index in [1.54, 1.807) is 19.9 Å². The van der Waals surface area contributed by atoms with Crippen molar-refractivity contribution in [3.8, 4) is 0 Å². The Morgan fingerprint density at radius 1 is 1.67 bits per heavy atom. The first-order valence-corrected chi connectivity index (χ1v) is 4.14. The van der Waals surface area contributed by atoms with E-state index in [4.69, 9.17) is 16.3 Å². The van der Waals surface area contributed by atoms with Crippen molar-refractivity contribution in [2.75, 3.05) is 6.61 Å². The van der Waals surface area contributed by atoms with E-state index >= 15 is 0 Å². The number of hydrogen-bond donors (Lipinski definition) is 0. The molecule has 0 aliphatic rings. The molecule has 3 heteroatoms. The molecule has 0 aromatic rings. The average molecular weight is 189 g/mol. The van der Waals surface area contributed by atoms with E-state index in [9.17, 15) is 4.79 Å². The molecule has 0 amide bonds. The standard InChI is InChI=1S/C9H13ClO2/c1-4-6-8(7(3)10)9(11)12-5-2/h4H,1,5-6H2,2-3H3/b8-7-. The summed E-state index contributed by atoms with van der Waals surface area (Å²) in [5, 5.41) is 0.466. The molecule has 68 valence electrons. The van der Waals surface area contributed by atoms with Gasteiger partial charge in [-0.15, -0.1) is 6.58 Å². The number of carbonyl (C=O) groups excluding carboxylic acids is 1. The van der Waals surface area contributed by atoms with Crippen molar-refractivity contribution < 1.29 is 9.53 Å². The van der Waals surface area contributed by atoms with Crippen molar-refractivity contribution in [3.63, 3.8) is 0 Å². The number of ether oxygens (including phenoxy) is 1. The van der Waals surface area contributed by atoms with Gasteiger partial charge in [-0.25, -0.2) is 4.79 Å². The van der Waals surface area contributed by atoms with Crippen LogP contribution in [0.2, 0.25) is 0 Å². The predicted molar refractivity (Wildman–Crippen MR) is 50.0 cm³/mol. The Morgan fingerprint density at radius 2 is 2.25 bits per heavy atom. The van der Waals surface area contributed by atoms with E-state index in [1.165, 1.54) is 0 Å². The van der Waals surface area contributed by atoms with E-state index in [1.807, 2.05) is 0 Å². The molecule has 0 unspecified atom stereocenters. The quantitative estimate of drug-likeness (QED) is 0.385. The van der Waals surface area contributed by atoms with Gasteiger partial charge in [-0.1, -0.05) is 17.7 Å². The Bertz CT molecular complexity index is 203. The Kier molecular flexibility index (Phi) is 5.47. The molecule has 0 fully saturated rings. The summed E-state index contributed by atoms with van der Waals surface area (Å²) in [5.74, 6) is -0.357. The van der Waals surface area contributed by atoms with Gasteiger partial charge in [0.1, 0.15) is 0 Å². The Labute approximate surface area is 77.9 Å². The third kappa shape index (κ3) is 3.58. The molecular weight excluding hydrogens is 176 g/mol. The molecule has 0 spiro atoms. The van der Waals surface area contributed by atoms with Crippen LogP contribution in [0.3, 0.4) is 0 Å². The van der Waals surface area contributed by atoms with Crippen LogP contribution in [0.4, 0.5) is 0 Å². The maximum atomic E-state index is 11.2. The zero-order valence-electron chi connectivity index (χ0n) is 7.39. The van der Waals surface area contributed by atoms with E-state index in [-0.39, 0.29) is 5.97 Å². The molecule has 0 heterocycles. The minimum atomic E-state index is -0.357. The Balaban J connectivity index is 4.42. The Morgan fingerprint density at radius 3 is 2.58 bits per heavy atom. The van der Waals surface area contributed by atoms with Crippen LogP contribution in [-0.2, 0) is 9.53 Å². The third-order valence-corrected chi connectivity index (χ3v) is 1.51. The molecule has 0 saturated heterocycles. The highest BCUT2D eigenvalue weighted by atomic mass is 35.5. The number of esters is 1. The lowest BCUT2D eigenvalue weighted by atomic mass is 10.2. The van der Waals surface area contributed by atoms with Gasteiger partial charge in [0.2, 0.25) is 0 Å². The SMILES string of the molecule is C=CC/C(C(=O)OCC)=C(\C)Cl. The van der Waals surface area contributed by atoms with Crippen molar-refractivity contribution in [1.29, 1.82) is 0 Å². The fraction of sp³-hybridized carbons (Fsp3) is 0.444. The lowest BCUT2D eigenvalue weighted by Gasteiger charge is -2.04. The van der Waals surface area contributed by atoms with Crippen LogP contribution in [0.1, 0.15) is 20.3 Å². The number of allylic oxidation sites excluding steroid dienone is 2. The van der Waals surface area contributed by atoms with E-state index in [2.05, 4.69) is 6.58 Å². The van der Waals surface area contributed by atoms with Crippen LogP contribution < -0.4 is 0 Å². The highest BCUT2D eigenvalue weighted by molar-refractivity contribution is 6.31. The normalized spacial score (nSPS) is 11.9. The first kappa shape index (κ1) is 11.2. The second-order valence-corrected chi connectivity index (χ2v) is 2.79. The van der Waals surface area contributed by atoms with Crippen molar-refractivity contribution in [3.05, 3.63) is 23.3 Å². The molecule has 0 aliphatic carbocycles. The molecular formula is C9H13ClO2. The lowest BCUT2D eigenvalue weighted by Crippen LogP contribution is -2.07. The molecule has 0 atom stereocenters. The first-order valence-electron chi connectivity index (χ1n) is 3.76. The highest BCUT2D eigenvalue weighted by Crippen LogP contribution is 2.14. The van der Waals surface area contributed by atoms with Crippen LogP contribution in [0.15, 0.2) is 23.3 Å². The molecule has 2 nitrogen and oxygen atoms in total. The summed E-state index contributed by atoms with van der Waals surface area (Å²) in [5.41, 5.74) is 0.480. The van der Waals surface area contributed by atoms with Crippen molar-refractivity contribution in [2.24, 2.45) is 0 Å². The highest BCUT2D eigenvalue weighted by Gasteiger charge is 2.10. The number of halogens is 1. The molecule has 0 N–H and O–H groups in total. The number of rotatable bonds is 4. The summed E-state index contributed by atoms with van der Waals surface area (Å²) in [6.45, 7) is 7.31. The van der Waals surface area contributed by atoms with E-state index in [0.29, 0.717) is 23.6 Å². The molecule has 0 radical (unpaired) electrons. The predicted octanol–water partition coefficient (Wildman–Crippen LogP) is 2.64. The molecule has 0 aromatic heterocycles. The molecule has 0 saturated carbocycles. The molecule has 0 rings (SSSR count). The monoisotopic (exact) mass is 188 g/mol. The molecule has 0 bridgehead atoms. The minimum Gasteiger partial charge on any atom is -0.463 e. The molecule has 0 aromatic carbocycles. The van der Waals surface area contributed by atoms with Gasteiger partial charge in [-0.3, -0.25) is 0 Å². The second kappa shape index (κ2) is 5.84. The second-order valence-electron chi connectivity index (χ2n) is 2.23. The summed E-state index contributed by atoms with van der Waals surface area (Å²) in [7, 11) is 0. The number of carbonyl (C=O) groups is 1. The van der Waals surface area contributed by atoms with Crippen LogP contribution in [0, 0.1) is 0 Å².